The molecule has 0 aliphatic carbocycles. The van der Waals surface area contributed by atoms with Gasteiger partial charge in [-0.1, -0.05) is 57.9 Å². The fourth-order valence-electron chi connectivity index (χ4n) is 3.10. The average molecular weight is 383 g/mol. The Kier molecular flexibility index (Phi) is 6.15. The van der Waals surface area contributed by atoms with Crippen LogP contribution in [0.3, 0.4) is 0 Å². The summed E-state index contributed by atoms with van der Waals surface area (Å²) < 4.78 is 7.06. The van der Waals surface area contributed by atoms with Crippen LogP contribution in [-0.4, -0.2) is 41.4 Å². The minimum absolute atomic E-state index is 0.0273. The molecule has 0 aromatic heterocycles. The summed E-state index contributed by atoms with van der Waals surface area (Å²) in [6, 6.07) is 14.2. The predicted molar refractivity (Wildman–Crippen MR) is 107 cm³/mol. The number of hydrogen-bond acceptors (Lipinski definition) is 5. The highest BCUT2D eigenvalue weighted by Gasteiger charge is 2.29. The lowest BCUT2D eigenvalue weighted by Gasteiger charge is -2.17. The van der Waals surface area contributed by atoms with E-state index in [0.717, 1.165) is 30.5 Å². The second-order valence-electron chi connectivity index (χ2n) is 6.64. The van der Waals surface area contributed by atoms with Gasteiger partial charge in [0.2, 0.25) is 0 Å². The number of ether oxygens (including phenoxy) is 1. The molecule has 1 heterocycles. The Balaban J connectivity index is 1.60. The zero-order valence-corrected chi connectivity index (χ0v) is 16.3. The van der Waals surface area contributed by atoms with E-state index in [1.165, 1.54) is 6.92 Å². The highest BCUT2D eigenvalue weighted by molar-refractivity contribution is 7.13. The van der Waals surface area contributed by atoms with E-state index in [0.29, 0.717) is 11.1 Å². The maximum absolute atomic E-state index is 12.3. The lowest BCUT2D eigenvalue weighted by atomic mass is 10.0. The van der Waals surface area contributed by atoms with Crippen LogP contribution in [0.2, 0.25) is 0 Å². The van der Waals surface area contributed by atoms with Gasteiger partial charge in [-0.2, -0.15) is 0 Å². The van der Waals surface area contributed by atoms with Crippen molar-refractivity contribution in [1.82, 2.24) is 4.67 Å². The highest BCUT2D eigenvalue weighted by Crippen LogP contribution is 2.23. The first kappa shape index (κ1) is 19.4. The maximum atomic E-state index is 12.3. The van der Waals surface area contributed by atoms with Crippen LogP contribution in [-0.2, 0) is 9.53 Å². The van der Waals surface area contributed by atoms with Gasteiger partial charge in [-0.25, -0.2) is 0 Å². The van der Waals surface area contributed by atoms with E-state index >= 15 is 0 Å². The van der Waals surface area contributed by atoms with E-state index in [-0.39, 0.29) is 30.2 Å². The first-order chi connectivity index (χ1) is 13.0. The van der Waals surface area contributed by atoms with Crippen molar-refractivity contribution in [2.75, 3.05) is 13.2 Å². The molecule has 2 aromatic rings. The van der Waals surface area contributed by atoms with E-state index < -0.39 is 0 Å². The number of ketones is 2. The molecule has 5 nitrogen and oxygen atoms in total. The van der Waals surface area contributed by atoms with Crippen molar-refractivity contribution >= 4 is 26.9 Å². The summed E-state index contributed by atoms with van der Waals surface area (Å²) >= 11 is 0. The van der Waals surface area contributed by atoms with Gasteiger partial charge < -0.3 is 4.74 Å². The monoisotopic (exact) mass is 383 g/mol. The molecule has 2 atom stereocenters. The van der Waals surface area contributed by atoms with Crippen LogP contribution in [0.1, 0.15) is 40.5 Å². The lowest BCUT2D eigenvalue weighted by Crippen LogP contribution is -2.32. The summed E-state index contributed by atoms with van der Waals surface area (Å²) in [5.41, 5.74) is 3.08. The summed E-state index contributed by atoms with van der Waals surface area (Å²) in [7, 11) is 2.53. The SMILES string of the molecule is CC(=O)c1ccc(-c2ccc(C(=O)COC(=O)C3CCCN3P)cc2)cc1. The molecule has 2 aromatic carbocycles. The molecule has 1 aliphatic heterocycles. The summed E-state index contributed by atoms with van der Waals surface area (Å²) in [6.45, 7) is 2.12. The Morgan fingerprint density at radius 1 is 1.00 bits per heavy atom. The summed E-state index contributed by atoms with van der Waals surface area (Å²) in [6.07, 6.45) is 1.71. The van der Waals surface area contributed by atoms with Crippen LogP contribution in [0, 0.1) is 0 Å². The molecule has 1 fully saturated rings. The normalized spacial score (nSPS) is 16.9. The van der Waals surface area contributed by atoms with E-state index in [1.807, 2.05) is 28.9 Å². The Morgan fingerprint density at radius 2 is 1.56 bits per heavy atom. The molecule has 3 rings (SSSR count). The van der Waals surface area contributed by atoms with Crippen molar-refractivity contribution in [3.63, 3.8) is 0 Å². The molecule has 0 saturated carbocycles. The zero-order valence-electron chi connectivity index (χ0n) is 15.2. The second kappa shape index (κ2) is 8.55. The van der Waals surface area contributed by atoms with E-state index in [9.17, 15) is 14.4 Å². The van der Waals surface area contributed by atoms with Crippen LogP contribution in [0.5, 0.6) is 0 Å². The fourth-order valence-corrected chi connectivity index (χ4v) is 3.56. The van der Waals surface area contributed by atoms with Crippen molar-refractivity contribution < 1.29 is 19.1 Å². The predicted octanol–water partition coefficient (Wildman–Crippen LogP) is 3.54. The van der Waals surface area contributed by atoms with Gasteiger partial charge in [0.05, 0.1) is 0 Å². The smallest absolute Gasteiger partial charge is 0.324 e. The Morgan fingerprint density at radius 3 is 2.04 bits per heavy atom. The van der Waals surface area contributed by atoms with Gasteiger partial charge in [-0.05, 0) is 30.9 Å². The van der Waals surface area contributed by atoms with Crippen LogP contribution in [0.25, 0.3) is 11.1 Å². The van der Waals surface area contributed by atoms with Crippen LogP contribution in [0.15, 0.2) is 48.5 Å². The minimum Gasteiger partial charge on any atom is -0.456 e. The topological polar surface area (TPSA) is 63.7 Å². The first-order valence-electron chi connectivity index (χ1n) is 8.88. The molecule has 0 amide bonds. The molecule has 2 unspecified atom stereocenters. The van der Waals surface area contributed by atoms with Crippen molar-refractivity contribution in [2.45, 2.75) is 25.8 Å². The molecule has 6 heteroatoms. The van der Waals surface area contributed by atoms with Gasteiger partial charge in [-0.15, -0.1) is 0 Å². The van der Waals surface area contributed by atoms with E-state index in [1.54, 1.807) is 24.3 Å². The number of Topliss-reactive ketones (excluding diaryl/α,β-unsaturated/α-hetero) is 2. The first-order valence-corrected chi connectivity index (χ1v) is 9.40. The quantitative estimate of drug-likeness (QED) is 0.434. The number of esters is 1. The van der Waals surface area contributed by atoms with Crippen molar-refractivity contribution in [3.05, 3.63) is 59.7 Å². The van der Waals surface area contributed by atoms with Gasteiger partial charge in [0.15, 0.2) is 18.2 Å². The van der Waals surface area contributed by atoms with Gasteiger partial charge in [0.25, 0.3) is 0 Å². The number of rotatable bonds is 6. The number of carbonyl (C=O) groups excluding carboxylic acids is 3. The van der Waals surface area contributed by atoms with Crippen LogP contribution >= 0.6 is 9.39 Å². The zero-order chi connectivity index (χ0) is 19.4. The number of nitrogens with zero attached hydrogens (tertiary/aromatic N) is 1. The molecule has 0 spiro atoms. The molecule has 1 saturated heterocycles. The number of benzene rings is 2. The van der Waals surface area contributed by atoms with Crippen molar-refractivity contribution in [3.8, 4) is 11.1 Å². The summed E-state index contributed by atoms with van der Waals surface area (Å²) in [4.78, 5) is 35.7. The van der Waals surface area contributed by atoms with Crippen molar-refractivity contribution in [2.24, 2.45) is 0 Å². The lowest BCUT2D eigenvalue weighted by molar-refractivity contribution is -0.146. The maximum Gasteiger partial charge on any atom is 0.324 e. The molecule has 0 bridgehead atoms. The van der Waals surface area contributed by atoms with E-state index in [2.05, 4.69) is 9.39 Å². The number of hydrogen-bond donors (Lipinski definition) is 0. The highest BCUT2D eigenvalue weighted by atomic mass is 31.0. The van der Waals surface area contributed by atoms with Gasteiger partial charge in [0, 0.05) is 17.7 Å². The molecule has 0 radical (unpaired) electrons. The van der Waals surface area contributed by atoms with Gasteiger partial charge >= 0.3 is 5.97 Å². The van der Waals surface area contributed by atoms with Crippen LogP contribution < -0.4 is 0 Å². The summed E-state index contributed by atoms with van der Waals surface area (Å²) in [5.74, 6) is -0.549. The minimum atomic E-state index is -0.349. The standard InChI is InChI=1S/C21H22NO4P/c1-14(23)15-4-6-16(7-5-15)17-8-10-18(11-9-17)20(24)13-26-21(25)19-3-2-12-22(19)27/h4-11,19H,2-3,12-13,27H2,1H3. The Labute approximate surface area is 161 Å². The third-order valence-electron chi connectivity index (χ3n) is 4.74. The number of carbonyl (C=O) groups is 3. The van der Waals surface area contributed by atoms with Gasteiger partial charge in [0.1, 0.15) is 6.04 Å². The third kappa shape index (κ3) is 4.68. The third-order valence-corrected chi connectivity index (χ3v) is 5.36. The Hall–Kier alpha value is -2.36. The molecular weight excluding hydrogens is 361 g/mol. The largest absolute Gasteiger partial charge is 0.456 e. The molecule has 1 aliphatic rings. The Bertz CT molecular complexity index is 845. The fraction of sp³-hybridized carbons (Fsp3) is 0.286. The van der Waals surface area contributed by atoms with E-state index in [4.69, 9.17) is 4.74 Å². The molecular formula is C21H22NO4P. The average Bonchev–Trinajstić information content (AvgIpc) is 3.12. The molecule has 140 valence electrons. The molecule has 0 N–H and O–H groups in total. The molecule has 27 heavy (non-hydrogen) atoms. The van der Waals surface area contributed by atoms with Crippen LogP contribution in [0.4, 0.5) is 0 Å². The van der Waals surface area contributed by atoms with Gasteiger partial charge in [-0.3, -0.25) is 19.1 Å². The second-order valence-corrected chi connectivity index (χ2v) is 7.30. The summed E-state index contributed by atoms with van der Waals surface area (Å²) in [5, 5.41) is 0. The van der Waals surface area contributed by atoms with Crippen molar-refractivity contribution in [1.29, 1.82) is 0 Å².